The maximum absolute atomic E-state index is 11.7. The van der Waals surface area contributed by atoms with E-state index in [0.717, 1.165) is 24.8 Å². The minimum absolute atomic E-state index is 0.0757. The van der Waals surface area contributed by atoms with Crippen LogP contribution in [-0.4, -0.2) is 11.8 Å². The summed E-state index contributed by atoms with van der Waals surface area (Å²) in [6.07, 6.45) is 5.61. The summed E-state index contributed by atoms with van der Waals surface area (Å²) in [5, 5.41) is 0. The molecule has 1 aromatic carbocycles. The van der Waals surface area contributed by atoms with Gasteiger partial charge in [0.15, 0.2) is 0 Å². The number of hydrogen-bond donors (Lipinski definition) is 2. The molecule has 0 bridgehead atoms. The van der Waals surface area contributed by atoms with Crippen molar-refractivity contribution < 1.29 is 9.59 Å². The monoisotopic (exact) mass is 274 g/mol. The topological polar surface area (TPSA) is 58.2 Å². The van der Waals surface area contributed by atoms with E-state index in [2.05, 4.69) is 29.9 Å². The van der Waals surface area contributed by atoms with Crippen molar-refractivity contribution in [2.45, 2.75) is 45.4 Å². The molecule has 1 aliphatic carbocycles. The summed E-state index contributed by atoms with van der Waals surface area (Å²) < 4.78 is 0. The highest BCUT2D eigenvalue weighted by Gasteiger charge is 2.29. The Morgan fingerprint density at radius 2 is 1.75 bits per heavy atom. The molecule has 1 aliphatic rings. The first-order valence-corrected chi connectivity index (χ1v) is 7.35. The van der Waals surface area contributed by atoms with Crippen molar-refractivity contribution in [3.8, 4) is 0 Å². The van der Waals surface area contributed by atoms with Gasteiger partial charge in [0, 0.05) is 5.92 Å². The summed E-state index contributed by atoms with van der Waals surface area (Å²) in [4.78, 5) is 23.1. The highest BCUT2D eigenvalue weighted by Crippen LogP contribution is 2.28. The molecule has 4 heteroatoms. The van der Waals surface area contributed by atoms with Gasteiger partial charge in [-0.2, -0.15) is 0 Å². The van der Waals surface area contributed by atoms with Gasteiger partial charge in [-0.1, -0.05) is 37.6 Å². The van der Waals surface area contributed by atoms with Gasteiger partial charge in [-0.25, -0.2) is 0 Å². The average molecular weight is 274 g/mol. The lowest BCUT2D eigenvalue weighted by molar-refractivity contribution is -0.129. The van der Waals surface area contributed by atoms with Crippen molar-refractivity contribution in [2.24, 2.45) is 5.92 Å². The lowest BCUT2D eigenvalue weighted by Gasteiger charge is -2.07. The summed E-state index contributed by atoms with van der Waals surface area (Å²) >= 11 is 0. The standard InChI is InChI=1S/C16H22N2O2/c1-2-3-4-12-5-7-13(8-6-12)11-15(19)17-18-16(20)14-9-10-14/h5-8,14H,2-4,9-11H2,1H3,(H,17,19)(H,18,20). The van der Waals surface area contributed by atoms with Crippen molar-refractivity contribution in [3.05, 3.63) is 35.4 Å². The van der Waals surface area contributed by atoms with Gasteiger partial charge in [0.25, 0.3) is 0 Å². The third kappa shape index (κ3) is 4.68. The molecule has 0 aliphatic heterocycles. The van der Waals surface area contributed by atoms with E-state index in [1.54, 1.807) is 0 Å². The SMILES string of the molecule is CCCCc1ccc(CC(=O)NNC(=O)C2CC2)cc1. The highest BCUT2D eigenvalue weighted by atomic mass is 16.2. The molecular weight excluding hydrogens is 252 g/mol. The summed E-state index contributed by atoms with van der Waals surface area (Å²) in [7, 11) is 0. The molecule has 1 fully saturated rings. The zero-order chi connectivity index (χ0) is 14.4. The van der Waals surface area contributed by atoms with E-state index < -0.39 is 0 Å². The van der Waals surface area contributed by atoms with Gasteiger partial charge >= 0.3 is 0 Å². The van der Waals surface area contributed by atoms with Crippen LogP contribution in [0.3, 0.4) is 0 Å². The Kier molecular flexibility index (Phi) is 5.16. The lowest BCUT2D eigenvalue weighted by atomic mass is 10.0. The Morgan fingerprint density at radius 3 is 2.35 bits per heavy atom. The van der Waals surface area contributed by atoms with Gasteiger partial charge in [-0.15, -0.1) is 0 Å². The molecular formula is C16H22N2O2. The highest BCUT2D eigenvalue weighted by molar-refractivity contribution is 5.85. The van der Waals surface area contributed by atoms with E-state index in [-0.39, 0.29) is 17.7 Å². The Balaban J connectivity index is 1.74. The Labute approximate surface area is 119 Å². The predicted octanol–water partition coefficient (Wildman–Crippen LogP) is 2.13. The molecule has 2 N–H and O–H groups in total. The number of carbonyl (C=O) groups excluding carboxylic acids is 2. The van der Waals surface area contributed by atoms with Crippen LogP contribution in [0.2, 0.25) is 0 Å². The minimum Gasteiger partial charge on any atom is -0.273 e. The molecule has 0 heterocycles. The van der Waals surface area contributed by atoms with Crippen LogP contribution in [0.1, 0.15) is 43.7 Å². The van der Waals surface area contributed by atoms with Crippen LogP contribution in [0.15, 0.2) is 24.3 Å². The van der Waals surface area contributed by atoms with Gasteiger partial charge in [-0.3, -0.25) is 20.4 Å². The number of carbonyl (C=O) groups is 2. The first-order valence-electron chi connectivity index (χ1n) is 7.35. The van der Waals surface area contributed by atoms with Crippen LogP contribution < -0.4 is 10.9 Å². The number of rotatable bonds is 6. The van der Waals surface area contributed by atoms with Crippen molar-refractivity contribution in [1.29, 1.82) is 0 Å². The molecule has 0 saturated heterocycles. The van der Waals surface area contributed by atoms with Crippen LogP contribution in [0.4, 0.5) is 0 Å². The Hall–Kier alpha value is -1.84. The second-order valence-electron chi connectivity index (χ2n) is 5.41. The number of benzene rings is 1. The second-order valence-corrected chi connectivity index (χ2v) is 5.41. The molecule has 0 spiro atoms. The van der Waals surface area contributed by atoms with Crippen molar-refractivity contribution in [2.75, 3.05) is 0 Å². The Morgan fingerprint density at radius 1 is 1.10 bits per heavy atom. The van der Waals surface area contributed by atoms with Gasteiger partial charge in [-0.05, 0) is 36.8 Å². The predicted molar refractivity (Wildman–Crippen MR) is 77.8 cm³/mol. The number of nitrogens with one attached hydrogen (secondary N) is 2. The number of unbranched alkanes of at least 4 members (excludes halogenated alkanes) is 1. The van der Waals surface area contributed by atoms with Crippen molar-refractivity contribution in [3.63, 3.8) is 0 Å². The molecule has 0 atom stereocenters. The lowest BCUT2D eigenvalue weighted by Crippen LogP contribution is -2.43. The Bertz CT molecular complexity index is 464. The first kappa shape index (κ1) is 14.6. The second kappa shape index (κ2) is 7.08. The van der Waals surface area contributed by atoms with E-state index in [9.17, 15) is 9.59 Å². The van der Waals surface area contributed by atoms with E-state index in [0.29, 0.717) is 6.42 Å². The maximum Gasteiger partial charge on any atom is 0.242 e. The quantitative estimate of drug-likeness (QED) is 0.781. The van der Waals surface area contributed by atoms with Gasteiger partial charge in [0.2, 0.25) is 11.8 Å². The molecule has 20 heavy (non-hydrogen) atoms. The van der Waals surface area contributed by atoms with Crippen LogP contribution in [-0.2, 0) is 22.4 Å². The summed E-state index contributed by atoms with van der Waals surface area (Å²) in [5.41, 5.74) is 7.19. The van der Waals surface area contributed by atoms with Crippen LogP contribution >= 0.6 is 0 Å². The number of hydrazine groups is 1. The number of amides is 2. The fourth-order valence-corrected chi connectivity index (χ4v) is 2.01. The molecule has 4 nitrogen and oxygen atoms in total. The molecule has 1 saturated carbocycles. The summed E-state index contributed by atoms with van der Waals surface area (Å²) in [6.45, 7) is 2.18. The van der Waals surface area contributed by atoms with Crippen LogP contribution in [0.5, 0.6) is 0 Å². The fraction of sp³-hybridized carbons (Fsp3) is 0.500. The number of aryl methyl sites for hydroxylation is 1. The smallest absolute Gasteiger partial charge is 0.242 e. The molecule has 108 valence electrons. The van der Waals surface area contributed by atoms with Crippen molar-refractivity contribution in [1.82, 2.24) is 10.9 Å². The largest absolute Gasteiger partial charge is 0.273 e. The van der Waals surface area contributed by atoms with E-state index in [1.165, 1.54) is 18.4 Å². The van der Waals surface area contributed by atoms with Gasteiger partial charge in [0.05, 0.1) is 6.42 Å². The van der Waals surface area contributed by atoms with Gasteiger partial charge in [0.1, 0.15) is 0 Å². The van der Waals surface area contributed by atoms with E-state index >= 15 is 0 Å². The third-order valence-corrected chi connectivity index (χ3v) is 3.48. The summed E-state index contributed by atoms with van der Waals surface area (Å²) in [6, 6.07) is 8.10. The van der Waals surface area contributed by atoms with E-state index in [1.807, 2.05) is 12.1 Å². The molecule has 0 unspecified atom stereocenters. The van der Waals surface area contributed by atoms with Crippen LogP contribution in [0.25, 0.3) is 0 Å². The molecule has 0 aromatic heterocycles. The molecule has 2 amide bonds. The summed E-state index contributed by atoms with van der Waals surface area (Å²) in [5.74, 6) is -0.151. The minimum atomic E-state index is -0.180. The number of hydrogen-bond acceptors (Lipinski definition) is 2. The average Bonchev–Trinajstić information content (AvgIpc) is 3.28. The van der Waals surface area contributed by atoms with Crippen LogP contribution in [0, 0.1) is 5.92 Å². The first-order chi connectivity index (χ1) is 9.69. The van der Waals surface area contributed by atoms with Crippen molar-refractivity contribution >= 4 is 11.8 Å². The zero-order valence-electron chi connectivity index (χ0n) is 11.9. The van der Waals surface area contributed by atoms with Gasteiger partial charge < -0.3 is 0 Å². The fourth-order valence-electron chi connectivity index (χ4n) is 2.01. The normalized spacial score (nSPS) is 13.8. The zero-order valence-corrected chi connectivity index (χ0v) is 11.9. The molecule has 0 radical (unpaired) electrons. The maximum atomic E-state index is 11.7. The molecule has 1 aromatic rings. The molecule has 2 rings (SSSR count). The third-order valence-electron chi connectivity index (χ3n) is 3.48. The van der Waals surface area contributed by atoms with E-state index in [4.69, 9.17) is 0 Å².